The van der Waals surface area contributed by atoms with Crippen LogP contribution in [0, 0.1) is 0 Å². The van der Waals surface area contributed by atoms with E-state index in [2.05, 4.69) is 15.6 Å². The maximum atomic E-state index is 14.1. The van der Waals surface area contributed by atoms with Crippen LogP contribution < -0.4 is 10.1 Å². The number of aromatic nitrogens is 3. The van der Waals surface area contributed by atoms with Gasteiger partial charge < -0.3 is 15.0 Å². The number of carbonyl (C=O) groups is 2. The van der Waals surface area contributed by atoms with Gasteiger partial charge in [-0.05, 0) is 38.0 Å². The molecule has 1 aliphatic heterocycles. The Bertz CT molecular complexity index is 885. The zero-order valence-corrected chi connectivity index (χ0v) is 17.5. The molecular formula is C21H28FN5O3. The summed E-state index contributed by atoms with van der Waals surface area (Å²) < 4.78 is 20.8. The van der Waals surface area contributed by atoms with Gasteiger partial charge in [-0.3, -0.25) is 9.59 Å². The minimum atomic E-state index is -1.07. The number of nitrogens with zero attached hydrogens (tertiary/aromatic N) is 4. The van der Waals surface area contributed by atoms with Gasteiger partial charge in [-0.2, -0.15) is 0 Å². The highest BCUT2D eigenvalue weighted by atomic mass is 19.1. The second-order valence-electron chi connectivity index (χ2n) is 7.84. The number of amides is 2. The normalized spacial score (nSPS) is 18.6. The monoisotopic (exact) mass is 417 g/mol. The van der Waals surface area contributed by atoms with Crippen LogP contribution in [0.1, 0.15) is 42.7 Å². The lowest BCUT2D eigenvalue weighted by Crippen LogP contribution is -2.38. The molecule has 1 aliphatic rings. The van der Waals surface area contributed by atoms with E-state index >= 15 is 0 Å². The molecule has 1 fully saturated rings. The van der Waals surface area contributed by atoms with Crippen LogP contribution in [0.4, 0.5) is 4.39 Å². The third-order valence-corrected chi connectivity index (χ3v) is 5.03. The summed E-state index contributed by atoms with van der Waals surface area (Å²) in [5.41, 5.74) is 1.20. The Labute approximate surface area is 175 Å². The average Bonchev–Trinajstić information content (AvgIpc) is 3.32. The molecule has 0 radical (unpaired) electrons. The van der Waals surface area contributed by atoms with Crippen molar-refractivity contribution in [3.05, 3.63) is 41.7 Å². The van der Waals surface area contributed by atoms with Gasteiger partial charge in [0.2, 0.25) is 5.91 Å². The molecule has 1 aromatic heterocycles. The Morgan fingerprint density at radius 2 is 2.17 bits per heavy atom. The Kier molecular flexibility index (Phi) is 7.02. The number of hydrogen-bond acceptors (Lipinski definition) is 5. The Morgan fingerprint density at radius 1 is 1.37 bits per heavy atom. The zero-order valence-electron chi connectivity index (χ0n) is 17.5. The molecular weight excluding hydrogens is 389 g/mol. The van der Waals surface area contributed by atoms with Crippen molar-refractivity contribution in [3.63, 3.8) is 0 Å². The summed E-state index contributed by atoms with van der Waals surface area (Å²) in [5, 5.41) is 10.6. The average molecular weight is 417 g/mol. The van der Waals surface area contributed by atoms with Crippen molar-refractivity contribution >= 4 is 11.8 Å². The molecule has 2 unspecified atom stereocenters. The van der Waals surface area contributed by atoms with E-state index in [-0.39, 0.29) is 49.0 Å². The van der Waals surface area contributed by atoms with Gasteiger partial charge in [-0.1, -0.05) is 17.3 Å². The summed E-state index contributed by atoms with van der Waals surface area (Å²) >= 11 is 0. The number of ether oxygens (including phenoxy) is 1. The van der Waals surface area contributed by atoms with Crippen LogP contribution in [-0.2, 0) is 17.8 Å². The first-order chi connectivity index (χ1) is 14.4. The number of likely N-dealkylation sites (tertiary alicyclic amines) is 1. The van der Waals surface area contributed by atoms with E-state index < -0.39 is 6.17 Å². The molecule has 2 atom stereocenters. The lowest BCUT2D eigenvalue weighted by Gasteiger charge is -2.24. The third-order valence-electron chi connectivity index (χ3n) is 5.03. The number of carbonyl (C=O) groups excluding carboxylic acids is 2. The fraction of sp³-hybridized carbons (Fsp3) is 0.524. The number of hydrogen-bond donors (Lipinski definition) is 1. The van der Waals surface area contributed by atoms with Crippen molar-refractivity contribution in [1.82, 2.24) is 25.2 Å². The number of alkyl halides is 1. The first-order valence-corrected chi connectivity index (χ1v) is 10.1. The summed E-state index contributed by atoms with van der Waals surface area (Å²) in [6.07, 6.45) is 1.55. The van der Waals surface area contributed by atoms with E-state index in [1.54, 1.807) is 12.0 Å². The SMILES string of the molecule is COc1cccc(CCC(=O)N2CC(F)CC2Cn2cc(C(=O)NC(C)C)nn2)c1. The Hall–Kier alpha value is -2.97. The van der Waals surface area contributed by atoms with Crippen molar-refractivity contribution < 1.29 is 18.7 Å². The van der Waals surface area contributed by atoms with Crippen molar-refractivity contribution in [2.45, 2.75) is 57.9 Å². The zero-order chi connectivity index (χ0) is 21.7. The predicted octanol–water partition coefficient (Wildman–Crippen LogP) is 2.00. The molecule has 1 saturated heterocycles. The van der Waals surface area contributed by atoms with E-state index in [0.29, 0.717) is 13.0 Å². The van der Waals surface area contributed by atoms with Crippen LogP contribution in [0.2, 0.25) is 0 Å². The number of aryl methyl sites for hydroxylation is 1. The van der Waals surface area contributed by atoms with Crippen molar-refractivity contribution in [3.8, 4) is 5.75 Å². The van der Waals surface area contributed by atoms with Crippen LogP contribution in [0.5, 0.6) is 5.75 Å². The van der Waals surface area contributed by atoms with Gasteiger partial charge in [0.15, 0.2) is 5.69 Å². The molecule has 2 aromatic rings. The molecule has 1 N–H and O–H groups in total. The number of rotatable bonds is 8. The number of methoxy groups -OCH3 is 1. The van der Waals surface area contributed by atoms with Crippen LogP contribution >= 0.6 is 0 Å². The number of benzene rings is 1. The maximum Gasteiger partial charge on any atom is 0.273 e. The summed E-state index contributed by atoms with van der Waals surface area (Å²) in [4.78, 5) is 26.4. The van der Waals surface area contributed by atoms with Gasteiger partial charge >= 0.3 is 0 Å². The highest BCUT2D eigenvalue weighted by molar-refractivity contribution is 5.92. The molecule has 3 rings (SSSR count). The van der Waals surface area contributed by atoms with Crippen LogP contribution in [-0.4, -0.2) is 63.6 Å². The van der Waals surface area contributed by atoms with E-state index in [0.717, 1.165) is 11.3 Å². The molecule has 8 nitrogen and oxygen atoms in total. The van der Waals surface area contributed by atoms with Crippen molar-refractivity contribution in [2.75, 3.05) is 13.7 Å². The van der Waals surface area contributed by atoms with E-state index in [4.69, 9.17) is 4.74 Å². The van der Waals surface area contributed by atoms with Gasteiger partial charge in [-0.25, -0.2) is 9.07 Å². The third kappa shape index (κ3) is 5.55. The highest BCUT2D eigenvalue weighted by Gasteiger charge is 2.35. The second kappa shape index (κ2) is 9.69. The quantitative estimate of drug-likeness (QED) is 0.710. The lowest BCUT2D eigenvalue weighted by molar-refractivity contribution is -0.132. The molecule has 1 aromatic carbocycles. The summed E-state index contributed by atoms with van der Waals surface area (Å²) in [5.74, 6) is 0.337. The van der Waals surface area contributed by atoms with Crippen LogP contribution in [0.3, 0.4) is 0 Å². The molecule has 9 heteroatoms. The molecule has 0 spiro atoms. The molecule has 2 heterocycles. The molecule has 162 valence electrons. The summed E-state index contributed by atoms with van der Waals surface area (Å²) in [6, 6.07) is 7.24. The van der Waals surface area contributed by atoms with Crippen LogP contribution in [0.15, 0.2) is 30.5 Å². The van der Waals surface area contributed by atoms with E-state index in [9.17, 15) is 14.0 Å². The molecule has 0 bridgehead atoms. The fourth-order valence-electron chi connectivity index (χ4n) is 3.60. The topological polar surface area (TPSA) is 89.4 Å². The molecule has 0 aliphatic carbocycles. The highest BCUT2D eigenvalue weighted by Crippen LogP contribution is 2.23. The summed E-state index contributed by atoms with van der Waals surface area (Å²) in [7, 11) is 1.60. The smallest absolute Gasteiger partial charge is 0.273 e. The minimum absolute atomic E-state index is 0.0116. The molecule has 2 amide bonds. The van der Waals surface area contributed by atoms with Gasteiger partial charge in [0.05, 0.1) is 32.4 Å². The van der Waals surface area contributed by atoms with E-state index in [1.807, 2.05) is 38.1 Å². The van der Waals surface area contributed by atoms with Crippen molar-refractivity contribution in [1.29, 1.82) is 0 Å². The van der Waals surface area contributed by atoms with Gasteiger partial charge in [-0.15, -0.1) is 5.10 Å². The lowest BCUT2D eigenvalue weighted by atomic mass is 10.1. The maximum absolute atomic E-state index is 14.1. The van der Waals surface area contributed by atoms with Crippen molar-refractivity contribution in [2.24, 2.45) is 0 Å². The number of nitrogens with one attached hydrogen (secondary N) is 1. The van der Waals surface area contributed by atoms with Gasteiger partial charge in [0.1, 0.15) is 11.9 Å². The second-order valence-corrected chi connectivity index (χ2v) is 7.84. The predicted molar refractivity (Wildman–Crippen MR) is 109 cm³/mol. The van der Waals surface area contributed by atoms with E-state index in [1.165, 1.54) is 10.9 Å². The minimum Gasteiger partial charge on any atom is -0.497 e. The molecule has 0 saturated carbocycles. The Morgan fingerprint density at radius 3 is 2.90 bits per heavy atom. The van der Waals surface area contributed by atoms with Gasteiger partial charge in [0, 0.05) is 18.9 Å². The fourth-order valence-corrected chi connectivity index (χ4v) is 3.60. The van der Waals surface area contributed by atoms with Gasteiger partial charge in [0.25, 0.3) is 5.91 Å². The number of halogens is 1. The van der Waals surface area contributed by atoms with Crippen LogP contribution in [0.25, 0.3) is 0 Å². The Balaban J connectivity index is 1.60. The summed E-state index contributed by atoms with van der Waals surface area (Å²) in [6.45, 7) is 4.10. The first kappa shape index (κ1) is 21.7. The largest absolute Gasteiger partial charge is 0.497 e. The molecule has 30 heavy (non-hydrogen) atoms. The first-order valence-electron chi connectivity index (χ1n) is 10.1. The standard InChI is InChI=1S/C21H28FN5O3/c1-14(2)23-21(29)19-13-26(25-24-19)12-17-10-16(22)11-27(17)20(28)8-7-15-5-4-6-18(9-15)30-3/h4-6,9,13-14,16-17H,7-8,10-12H2,1-3H3,(H,23,29).